The van der Waals surface area contributed by atoms with Crippen LogP contribution in [0, 0.1) is 0 Å². The van der Waals surface area contributed by atoms with Crippen LogP contribution in [-0.2, 0) is 23.1 Å². The number of sulfone groups is 1. The quantitative estimate of drug-likeness (QED) is 0.521. The third-order valence-corrected chi connectivity index (χ3v) is 6.21. The van der Waals surface area contributed by atoms with Crippen molar-refractivity contribution in [2.24, 2.45) is 7.05 Å². The van der Waals surface area contributed by atoms with E-state index in [4.69, 9.17) is 0 Å². The van der Waals surface area contributed by atoms with Gasteiger partial charge in [-0.2, -0.15) is 26.3 Å². The van der Waals surface area contributed by atoms with E-state index in [1.807, 2.05) is 5.32 Å². The van der Waals surface area contributed by atoms with Crippen molar-refractivity contribution < 1.29 is 34.8 Å². The summed E-state index contributed by atoms with van der Waals surface area (Å²) in [6, 6.07) is 3.66. The van der Waals surface area contributed by atoms with E-state index in [1.54, 1.807) is 0 Å². The zero-order chi connectivity index (χ0) is 24.6. The number of anilines is 1. The SMILES string of the molecule is CCS(=O)(=O)c1ccc(NCC(F)(F)F)nc1-c1nnc(-c2cc(C(F)(F)F)ccn2)n1C. The molecule has 0 aliphatic carbocycles. The van der Waals surface area contributed by atoms with Gasteiger partial charge in [-0.05, 0) is 24.3 Å². The molecule has 0 bridgehead atoms. The van der Waals surface area contributed by atoms with Crippen LogP contribution in [0.5, 0.6) is 0 Å². The van der Waals surface area contributed by atoms with Crippen LogP contribution in [-0.4, -0.2) is 51.6 Å². The Kier molecular flexibility index (Phi) is 6.37. The van der Waals surface area contributed by atoms with Gasteiger partial charge in [0.05, 0.1) is 16.2 Å². The number of alkyl halides is 6. The molecule has 3 aromatic rings. The molecule has 0 aliphatic heterocycles. The average Bonchev–Trinajstić information content (AvgIpc) is 3.12. The van der Waals surface area contributed by atoms with Crippen molar-refractivity contribution in [2.75, 3.05) is 17.6 Å². The first-order valence-electron chi connectivity index (χ1n) is 9.20. The lowest BCUT2D eigenvalue weighted by molar-refractivity contribution is -0.137. The number of hydrogen-bond donors (Lipinski definition) is 1. The summed E-state index contributed by atoms with van der Waals surface area (Å²) < 4.78 is 103. The van der Waals surface area contributed by atoms with Crippen molar-refractivity contribution >= 4 is 15.7 Å². The van der Waals surface area contributed by atoms with Crippen LogP contribution in [0.4, 0.5) is 32.2 Å². The van der Waals surface area contributed by atoms with Crippen LogP contribution < -0.4 is 5.32 Å². The van der Waals surface area contributed by atoms with Crippen molar-refractivity contribution in [3.63, 3.8) is 0 Å². The van der Waals surface area contributed by atoms with E-state index >= 15 is 0 Å². The maximum absolute atomic E-state index is 13.0. The molecule has 0 radical (unpaired) electrons. The van der Waals surface area contributed by atoms with E-state index in [0.29, 0.717) is 0 Å². The zero-order valence-electron chi connectivity index (χ0n) is 17.0. The minimum absolute atomic E-state index is 0.133. The van der Waals surface area contributed by atoms with Gasteiger partial charge in [0.1, 0.15) is 23.8 Å². The summed E-state index contributed by atoms with van der Waals surface area (Å²) >= 11 is 0. The van der Waals surface area contributed by atoms with Crippen LogP contribution in [0.2, 0.25) is 0 Å². The van der Waals surface area contributed by atoms with Gasteiger partial charge in [-0.1, -0.05) is 6.92 Å². The van der Waals surface area contributed by atoms with Gasteiger partial charge in [0.25, 0.3) is 0 Å². The fourth-order valence-corrected chi connectivity index (χ4v) is 3.81. The number of pyridine rings is 2. The van der Waals surface area contributed by atoms with Gasteiger partial charge in [-0.15, -0.1) is 10.2 Å². The molecule has 1 N–H and O–H groups in total. The van der Waals surface area contributed by atoms with E-state index in [-0.39, 0.29) is 39.5 Å². The summed E-state index contributed by atoms with van der Waals surface area (Å²) in [6.45, 7) is -0.0544. The van der Waals surface area contributed by atoms with Gasteiger partial charge in [-0.25, -0.2) is 13.4 Å². The highest BCUT2D eigenvalue weighted by Gasteiger charge is 2.32. The zero-order valence-corrected chi connectivity index (χ0v) is 17.8. The van der Waals surface area contributed by atoms with Crippen molar-refractivity contribution in [3.05, 3.63) is 36.0 Å². The number of nitrogens with one attached hydrogen (secondary N) is 1. The molecule has 33 heavy (non-hydrogen) atoms. The smallest absolute Gasteiger partial charge is 0.361 e. The Hall–Kier alpha value is -3.23. The minimum Gasteiger partial charge on any atom is -0.361 e. The lowest BCUT2D eigenvalue weighted by atomic mass is 10.2. The van der Waals surface area contributed by atoms with Crippen molar-refractivity contribution in [3.8, 4) is 23.0 Å². The highest BCUT2D eigenvalue weighted by Crippen LogP contribution is 2.32. The minimum atomic E-state index is -4.64. The first kappa shape index (κ1) is 24.4. The van der Waals surface area contributed by atoms with Crippen LogP contribution >= 0.6 is 0 Å². The molecule has 3 rings (SSSR count). The van der Waals surface area contributed by atoms with E-state index < -0.39 is 34.3 Å². The Bertz CT molecular complexity index is 1270. The van der Waals surface area contributed by atoms with Crippen molar-refractivity contribution in [2.45, 2.75) is 24.2 Å². The third-order valence-electron chi connectivity index (χ3n) is 4.45. The molecule has 0 amide bonds. The normalized spacial score (nSPS) is 12.7. The van der Waals surface area contributed by atoms with E-state index in [9.17, 15) is 34.8 Å². The Morgan fingerprint density at radius 2 is 1.70 bits per heavy atom. The maximum Gasteiger partial charge on any atom is 0.416 e. The Morgan fingerprint density at radius 3 is 2.30 bits per heavy atom. The molecule has 0 saturated heterocycles. The van der Waals surface area contributed by atoms with Gasteiger partial charge in [-0.3, -0.25) is 4.98 Å². The maximum atomic E-state index is 13.0. The Balaban J connectivity index is 2.13. The largest absolute Gasteiger partial charge is 0.416 e. The number of hydrogen-bond acceptors (Lipinski definition) is 7. The second kappa shape index (κ2) is 8.61. The second-order valence-corrected chi connectivity index (χ2v) is 9.00. The molecule has 15 heteroatoms. The molecule has 0 aliphatic rings. The van der Waals surface area contributed by atoms with E-state index in [2.05, 4.69) is 20.2 Å². The van der Waals surface area contributed by atoms with Crippen molar-refractivity contribution in [1.29, 1.82) is 0 Å². The predicted molar refractivity (Wildman–Crippen MR) is 105 cm³/mol. The summed E-state index contributed by atoms with van der Waals surface area (Å²) in [6.07, 6.45) is -8.26. The molecular weight excluding hydrogens is 478 g/mol. The van der Waals surface area contributed by atoms with Gasteiger partial charge < -0.3 is 9.88 Å². The number of aromatic nitrogens is 5. The van der Waals surface area contributed by atoms with Gasteiger partial charge >= 0.3 is 12.4 Å². The summed E-state index contributed by atoms with van der Waals surface area (Å²) in [7, 11) is -2.55. The highest BCUT2D eigenvalue weighted by molar-refractivity contribution is 7.91. The van der Waals surface area contributed by atoms with Crippen LogP contribution in [0.15, 0.2) is 35.4 Å². The van der Waals surface area contributed by atoms with Crippen LogP contribution in [0.3, 0.4) is 0 Å². The van der Waals surface area contributed by atoms with Crippen LogP contribution in [0.25, 0.3) is 23.0 Å². The molecule has 8 nitrogen and oxygen atoms in total. The molecule has 3 aromatic heterocycles. The average molecular weight is 494 g/mol. The topological polar surface area (TPSA) is 103 Å². The fourth-order valence-electron chi connectivity index (χ4n) is 2.79. The summed E-state index contributed by atoms with van der Waals surface area (Å²) in [5, 5.41) is 9.67. The predicted octanol–water partition coefficient (Wildman–Crippen LogP) is 3.73. The molecule has 0 unspecified atom stereocenters. The summed E-state index contributed by atoms with van der Waals surface area (Å²) in [5.41, 5.74) is -1.49. The molecule has 0 atom stereocenters. The van der Waals surface area contributed by atoms with Gasteiger partial charge in [0.15, 0.2) is 21.5 Å². The molecule has 0 aromatic carbocycles. The molecular formula is C18H16F6N6O2S. The van der Waals surface area contributed by atoms with Gasteiger partial charge in [0, 0.05) is 13.2 Å². The third kappa shape index (κ3) is 5.40. The van der Waals surface area contributed by atoms with Crippen molar-refractivity contribution in [1.82, 2.24) is 24.7 Å². The first-order valence-corrected chi connectivity index (χ1v) is 10.9. The Morgan fingerprint density at radius 1 is 1.03 bits per heavy atom. The lowest BCUT2D eigenvalue weighted by Crippen LogP contribution is -2.22. The second-order valence-electron chi connectivity index (χ2n) is 6.75. The standard InChI is InChI=1S/C18H16F6N6O2S/c1-3-33(31,32)12-4-5-13(26-9-17(19,20)21)27-14(12)16-29-28-15(30(16)2)11-8-10(6-7-25-11)18(22,23)24/h4-8H,3,9H2,1-2H3,(H,26,27). The number of rotatable bonds is 6. The van der Waals surface area contributed by atoms with Gasteiger partial charge in [0.2, 0.25) is 0 Å². The summed E-state index contributed by atoms with van der Waals surface area (Å²) in [5.74, 6) is -0.936. The Labute approximate surface area is 183 Å². The molecule has 0 fully saturated rings. The molecule has 178 valence electrons. The molecule has 3 heterocycles. The fraction of sp³-hybridized carbons (Fsp3) is 0.333. The molecule has 0 saturated carbocycles. The lowest BCUT2D eigenvalue weighted by Gasteiger charge is -2.13. The number of nitrogens with zero attached hydrogens (tertiary/aromatic N) is 5. The number of halogens is 6. The van der Waals surface area contributed by atoms with E-state index in [0.717, 1.165) is 35.0 Å². The first-order chi connectivity index (χ1) is 15.2. The molecule has 0 spiro atoms. The van der Waals surface area contributed by atoms with E-state index in [1.165, 1.54) is 14.0 Å². The highest BCUT2D eigenvalue weighted by atomic mass is 32.2. The summed E-state index contributed by atoms with van der Waals surface area (Å²) in [4.78, 5) is 7.51. The monoisotopic (exact) mass is 494 g/mol. The van der Waals surface area contributed by atoms with Crippen LogP contribution in [0.1, 0.15) is 12.5 Å².